The molecule has 3 rings (SSSR count). The first-order valence-corrected chi connectivity index (χ1v) is 8.25. The van der Waals surface area contributed by atoms with Crippen molar-refractivity contribution in [2.45, 2.75) is 25.8 Å². The molecule has 0 aliphatic carbocycles. The summed E-state index contributed by atoms with van der Waals surface area (Å²) in [5.41, 5.74) is 0. The second kappa shape index (κ2) is 7.04. The molecule has 1 aromatic carbocycles. The van der Waals surface area contributed by atoms with Gasteiger partial charge in [0, 0.05) is 24.2 Å². The summed E-state index contributed by atoms with van der Waals surface area (Å²) in [7, 11) is 3.31. The van der Waals surface area contributed by atoms with E-state index in [1.54, 1.807) is 14.2 Å². The molecule has 1 aromatic heterocycles. The summed E-state index contributed by atoms with van der Waals surface area (Å²) in [6.45, 7) is 5.47. The number of ether oxygens (including phenoxy) is 2. The highest BCUT2D eigenvalue weighted by molar-refractivity contribution is 5.94. The van der Waals surface area contributed by atoms with E-state index in [0.717, 1.165) is 41.2 Å². The molecule has 1 fully saturated rings. The zero-order chi connectivity index (χ0) is 16.2. The van der Waals surface area contributed by atoms with E-state index in [-0.39, 0.29) is 0 Å². The molecule has 5 heteroatoms. The highest BCUT2D eigenvalue weighted by atomic mass is 16.5. The highest BCUT2D eigenvalue weighted by Crippen LogP contribution is 2.34. The van der Waals surface area contributed by atoms with Crippen LogP contribution in [0, 0.1) is 0 Å². The first-order valence-electron chi connectivity index (χ1n) is 8.25. The molecule has 1 saturated heterocycles. The van der Waals surface area contributed by atoms with E-state index in [4.69, 9.17) is 9.47 Å². The quantitative estimate of drug-likeness (QED) is 0.887. The van der Waals surface area contributed by atoms with Gasteiger partial charge < -0.3 is 14.8 Å². The van der Waals surface area contributed by atoms with E-state index in [0.29, 0.717) is 6.04 Å². The average Bonchev–Trinajstić information content (AvgIpc) is 3.06. The second-order valence-electron chi connectivity index (χ2n) is 5.89. The van der Waals surface area contributed by atoms with Crippen molar-refractivity contribution in [1.29, 1.82) is 0 Å². The fourth-order valence-corrected chi connectivity index (χ4v) is 3.40. The number of hydrogen-bond acceptors (Lipinski definition) is 5. The summed E-state index contributed by atoms with van der Waals surface area (Å²) < 4.78 is 10.8. The minimum absolute atomic E-state index is 0.595. The molecule has 0 bridgehead atoms. The average molecular weight is 315 g/mol. The van der Waals surface area contributed by atoms with E-state index in [9.17, 15) is 0 Å². The van der Waals surface area contributed by atoms with Crippen LogP contribution in [-0.4, -0.2) is 49.8 Å². The zero-order valence-corrected chi connectivity index (χ0v) is 14.1. The van der Waals surface area contributed by atoms with Crippen molar-refractivity contribution >= 4 is 16.6 Å². The smallest absolute Gasteiger partial charge is 0.161 e. The SMILES string of the molecule is CCN1CCCC1CNc1nccc2cc(OC)c(OC)cc12. The number of pyridine rings is 1. The Balaban J connectivity index is 1.85. The van der Waals surface area contributed by atoms with Gasteiger partial charge in [0.1, 0.15) is 5.82 Å². The highest BCUT2D eigenvalue weighted by Gasteiger charge is 2.22. The van der Waals surface area contributed by atoms with Gasteiger partial charge in [0.15, 0.2) is 11.5 Å². The molecule has 1 atom stereocenters. The van der Waals surface area contributed by atoms with Gasteiger partial charge in [0.05, 0.1) is 14.2 Å². The van der Waals surface area contributed by atoms with Crippen LogP contribution in [0.1, 0.15) is 19.8 Å². The van der Waals surface area contributed by atoms with Gasteiger partial charge in [-0.2, -0.15) is 0 Å². The molecule has 2 heterocycles. The van der Waals surface area contributed by atoms with Gasteiger partial charge in [-0.15, -0.1) is 0 Å². The Hall–Kier alpha value is -2.01. The molecule has 0 amide bonds. The maximum Gasteiger partial charge on any atom is 0.161 e. The number of rotatable bonds is 6. The van der Waals surface area contributed by atoms with Crippen molar-refractivity contribution in [2.75, 3.05) is 39.2 Å². The van der Waals surface area contributed by atoms with Crippen molar-refractivity contribution in [2.24, 2.45) is 0 Å². The predicted octanol–water partition coefficient (Wildman–Crippen LogP) is 3.15. The largest absolute Gasteiger partial charge is 0.493 e. The summed E-state index contributed by atoms with van der Waals surface area (Å²) in [6, 6.07) is 6.58. The molecule has 124 valence electrons. The van der Waals surface area contributed by atoms with Crippen molar-refractivity contribution in [3.8, 4) is 11.5 Å². The molecule has 0 saturated carbocycles. The van der Waals surface area contributed by atoms with E-state index >= 15 is 0 Å². The molecule has 0 spiro atoms. The van der Waals surface area contributed by atoms with Crippen LogP contribution in [0.4, 0.5) is 5.82 Å². The number of methoxy groups -OCH3 is 2. The summed E-state index contributed by atoms with van der Waals surface area (Å²) in [5.74, 6) is 2.38. The number of nitrogens with one attached hydrogen (secondary N) is 1. The minimum atomic E-state index is 0.595. The molecule has 1 aliphatic heterocycles. The van der Waals surface area contributed by atoms with Crippen molar-refractivity contribution in [3.63, 3.8) is 0 Å². The number of nitrogens with zero attached hydrogens (tertiary/aromatic N) is 2. The summed E-state index contributed by atoms with van der Waals surface area (Å²) >= 11 is 0. The van der Waals surface area contributed by atoms with Crippen molar-refractivity contribution < 1.29 is 9.47 Å². The number of benzene rings is 1. The Morgan fingerprint density at radius 3 is 2.78 bits per heavy atom. The number of likely N-dealkylation sites (tertiary alicyclic amines) is 1. The first kappa shape index (κ1) is 15.9. The van der Waals surface area contributed by atoms with Crippen LogP contribution in [0.2, 0.25) is 0 Å². The second-order valence-corrected chi connectivity index (χ2v) is 5.89. The molecular weight excluding hydrogens is 290 g/mol. The van der Waals surface area contributed by atoms with E-state index in [1.165, 1.54) is 19.4 Å². The Labute approximate surface area is 137 Å². The van der Waals surface area contributed by atoms with E-state index in [2.05, 4.69) is 22.1 Å². The van der Waals surface area contributed by atoms with Gasteiger partial charge in [-0.25, -0.2) is 4.98 Å². The van der Waals surface area contributed by atoms with Gasteiger partial charge >= 0.3 is 0 Å². The molecule has 5 nitrogen and oxygen atoms in total. The maximum atomic E-state index is 5.42. The predicted molar refractivity (Wildman–Crippen MR) is 93.6 cm³/mol. The molecular formula is C18H25N3O2. The monoisotopic (exact) mass is 315 g/mol. The van der Waals surface area contributed by atoms with Crippen LogP contribution >= 0.6 is 0 Å². The lowest BCUT2D eigenvalue weighted by Crippen LogP contribution is -2.34. The zero-order valence-electron chi connectivity index (χ0n) is 14.1. The maximum absolute atomic E-state index is 5.42. The van der Waals surface area contributed by atoms with Crippen LogP contribution in [0.25, 0.3) is 10.8 Å². The van der Waals surface area contributed by atoms with Crippen LogP contribution in [-0.2, 0) is 0 Å². The van der Waals surface area contributed by atoms with E-state index < -0.39 is 0 Å². The third-order valence-electron chi connectivity index (χ3n) is 4.68. The number of hydrogen-bond donors (Lipinski definition) is 1. The first-order chi connectivity index (χ1) is 11.3. The third-order valence-corrected chi connectivity index (χ3v) is 4.68. The van der Waals surface area contributed by atoms with E-state index in [1.807, 2.05) is 24.4 Å². The minimum Gasteiger partial charge on any atom is -0.493 e. The van der Waals surface area contributed by atoms with Crippen LogP contribution in [0.5, 0.6) is 11.5 Å². The van der Waals surface area contributed by atoms with Crippen molar-refractivity contribution in [3.05, 3.63) is 24.4 Å². The number of aromatic nitrogens is 1. The summed E-state index contributed by atoms with van der Waals surface area (Å²) in [4.78, 5) is 7.05. The number of likely N-dealkylation sites (N-methyl/N-ethyl adjacent to an activating group) is 1. The van der Waals surface area contributed by atoms with Crippen molar-refractivity contribution in [1.82, 2.24) is 9.88 Å². The Kier molecular flexibility index (Phi) is 4.86. The Morgan fingerprint density at radius 2 is 2.04 bits per heavy atom. The molecule has 2 aromatic rings. The number of fused-ring (bicyclic) bond motifs is 1. The fourth-order valence-electron chi connectivity index (χ4n) is 3.40. The lowest BCUT2D eigenvalue weighted by atomic mass is 10.1. The molecule has 1 unspecified atom stereocenters. The van der Waals surface area contributed by atoms with Gasteiger partial charge in [0.25, 0.3) is 0 Å². The van der Waals surface area contributed by atoms with Gasteiger partial charge in [-0.3, -0.25) is 4.90 Å². The van der Waals surface area contributed by atoms with Gasteiger partial charge in [0.2, 0.25) is 0 Å². The molecule has 1 N–H and O–H groups in total. The number of anilines is 1. The molecule has 0 radical (unpaired) electrons. The lowest BCUT2D eigenvalue weighted by Gasteiger charge is -2.23. The van der Waals surface area contributed by atoms with Crippen LogP contribution < -0.4 is 14.8 Å². The van der Waals surface area contributed by atoms with Crippen LogP contribution in [0.3, 0.4) is 0 Å². The van der Waals surface area contributed by atoms with Gasteiger partial charge in [-0.1, -0.05) is 6.92 Å². The fraction of sp³-hybridized carbons (Fsp3) is 0.500. The lowest BCUT2D eigenvalue weighted by molar-refractivity contribution is 0.277. The Morgan fingerprint density at radius 1 is 1.26 bits per heavy atom. The summed E-state index contributed by atoms with van der Waals surface area (Å²) in [5, 5.41) is 5.69. The summed E-state index contributed by atoms with van der Waals surface area (Å²) in [6.07, 6.45) is 4.37. The van der Waals surface area contributed by atoms with Gasteiger partial charge in [-0.05, 0) is 49.5 Å². The molecule has 1 aliphatic rings. The topological polar surface area (TPSA) is 46.6 Å². The van der Waals surface area contributed by atoms with Crippen LogP contribution in [0.15, 0.2) is 24.4 Å². The molecule has 23 heavy (non-hydrogen) atoms. The third kappa shape index (κ3) is 3.20. The standard InChI is InChI=1S/C18H25N3O2/c1-4-21-9-5-6-14(21)12-20-18-15-11-17(23-3)16(22-2)10-13(15)7-8-19-18/h7-8,10-11,14H,4-6,9,12H2,1-3H3,(H,19,20). The Bertz CT molecular complexity index is 675. The normalized spacial score (nSPS) is 18.3.